The molecule has 1 aliphatic rings. The van der Waals surface area contributed by atoms with Crippen molar-refractivity contribution in [1.29, 1.82) is 0 Å². The smallest absolute Gasteiger partial charge is 0.268 e. The maximum Gasteiger partial charge on any atom is 0.268 e. The predicted octanol–water partition coefficient (Wildman–Crippen LogP) is 4.45. The Balaban J connectivity index is 1.47. The van der Waals surface area contributed by atoms with Gasteiger partial charge in [0.25, 0.3) is 5.91 Å². The summed E-state index contributed by atoms with van der Waals surface area (Å²) >= 11 is -1.18. The molecule has 1 amide bonds. The first kappa shape index (κ1) is 21.9. The summed E-state index contributed by atoms with van der Waals surface area (Å²) < 4.78 is 15.3. The highest BCUT2D eigenvalue weighted by Crippen LogP contribution is 2.30. The van der Waals surface area contributed by atoms with Gasteiger partial charge in [0, 0.05) is 36.6 Å². The molecule has 3 atom stereocenters. The maximum atomic E-state index is 13.2. The van der Waals surface area contributed by atoms with E-state index in [1.165, 1.54) is 12.0 Å². The number of nitrogens with one attached hydrogen (secondary N) is 2. The lowest BCUT2D eigenvalue weighted by molar-refractivity contribution is 0.0949. The van der Waals surface area contributed by atoms with Crippen molar-refractivity contribution >= 4 is 28.2 Å². The van der Waals surface area contributed by atoms with E-state index in [4.69, 9.17) is 0 Å². The molecule has 0 bridgehead atoms. The van der Waals surface area contributed by atoms with Gasteiger partial charge in [-0.3, -0.25) is 4.79 Å². The summed E-state index contributed by atoms with van der Waals surface area (Å²) in [6, 6.07) is 15.9. The third-order valence-corrected chi connectivity index (χ3v) is 7.49. The highest BCUT2D eigenvalue weighted by atomic mass is 32.2. The molecule has 1 fully saturated rings. The Morgan fingerprint density at radius 1 is 1.16 bits per heavy atom. The zero-order valence-corrected chi connectivity index (χ0v) is 19.3. The molecule has 4 rings (SSSR count). The van der Waals surface area contributed by atoms with Gasteiger partial charge in [-0.15, -0.1) is 4.31 Å². The molecule has 0 aliphatic carbocycles. The SMILES string of the molecule is Cc1c(C(=O)NCCc2ccccc2)[nH]c2ccc([S+]([O-])N3CC(C)CC(C)C3)cc12. The quantitative estimate of drug-likeness (QED) is 0.560. The molecule has 0 spiro atoms. The minimum atomic E-state index is -1.18. The lowest BCUT2D eigenvalue weighted by atomic mass is 9.94. The van der Waals surface area contributed by atoms with Crippen LogP contribution in [0.15, 0.2) is 53.4 Å². The van der Waals surface area contributed by atoms with Gasteiger partial charge in [0.05, 0.1) is 11.4 Å². The Hall–Kier alpha value is -2.28. The van der Waals surface area contributed by atoms with Crippen LogP contribution in [0.1, 0.15) is 41.9 Å². The fraction of sp³-hybridized carbons (Fsp3) is 0.400. The Labute approximate surface area is 187 Å². The number of aryl methyl sites for hydroxylation is 1. The molecule has 31 heavy (non-hydrogen) atoms. The zero-order chi connectivity index (χ0) is 22.0. The molecular formula is C25H31N3O2S. The van der Waals surface area contributed by atoms with Crippen LogP contribution in [-0.2, 0) is 17.8 Å². The van der Waals surface area contributed by atoms with E-state index in [-0.39, 0.29) is 5.91 Å². The van der Waals surface area contributed by atoms with Gasteiger partial charge in [-0.2, -0.15) is 0 Å². The minimum Gasteiger partial charge on any atom is -0.593 e. The van der Waals surface area contributed by atoms with Crippen LogP contribution in [0, 0.1) is 18.8 Å². The van der Waals surface area contributed by atoms with E-state index in [0.717, 1.165) is 40.9 Å². The second kappa shape index (κ2) is 9.47. The van der Waals surface area contributed by atoms with Crippen LogP contribution in [0.2, 0.25) is 0 Å². The Bertz CT molecular complexity index is 1040. The molecule has 5 nitrogen and oxygen atoms in total. The van der Waals surface area contributed by atoms with Crippen LogP contribution in [0.4, 0.5) is 0 Å². The molecular weight excluding hydrogens is 406 g/mol. The van der Waals surface area contributed by atoms with Crippen molar-refractivity contribution in [2.24, 2.45) is 11.8 Å². The second-order valence-corrected chi connectivity index (χ2v) is 10.4. The van der Waals surface area contributed by atoms with Crippen LogP contribution in [0.5, 0.6) is 0 Å². The molecule has 1 aromatic heterocycles. The number of hydrogen-bond acceptors (Lipinski definition) is 3. The topological polar surface area (TPSA) is 71.2 Å². The third kappa shape index (κ3) is 4.97. The Kier molecular flexibility index (Phi) is 6.70. The van der Waals surface area contributed by atoms with Crippen molar-refractivity contribution in [3.05, 3.63) is 65.4 Å². The zero-order valence-electron chi connectivity index (χ0n) is 18.5. The number of aromatic amines is 1. The molecule has 1 aliphatic heterocycles. The molecule has 6 heteroatoms. The highest BCUT2D eigenvalue weighted by molar-refractivity contribution is 7.89. The van der Waals surface area contributed by atoms with Crippen LogP contribution >= 0.6 is 0 Å². The largest absolute Gasteiger partial charge is 0.593 e. The number of amides is 1. The molecule has 1 saturated heterocycles. The van der Waals surface area contributed by atoms with Gasteiger partial charge < -0.3 is 14.9 Å². The van der Waals surface area contributed by atoms with E-state index in [9.17, 15) is 9.35 Å². The van der Waals surface area contributed by atoms with Gasteiger partial charge in [0.1, 0.15) is 5.69 Å². The summed E-state index contributed by atoms with van der Waals surface area (Å²) in [5.74, 6) is 0.999. The van der Waals surface area contributed by atoms with Crippen molar-refractivity contribution in [3.8, 4) is 0 Å². The minimum absolute atomic E-state index is 0.106. The summed E-state index contributed by atoms with van der Waals surface area (Å²) in [5.41, 5.74) is 3.56. The van der Waals surface area contributed by atoms with Crippen molar-refractivity contribution in [2.75, 3.05) is 19.6 Å². The van der Waals surface area contributed by atoms with Crippen LogP contribution in [0.3, 0.4) is 0 Å². The maximum absolute atomic E-state index is 13.2. The number of H-pyrrole nitrogens is 1. The van der Waals surface area contributed by atoms with Gasteiger partial charge in [0.15, 0.2) is 4.90 Å². The number of fused-ring (bicyclic) bond motifs is 1. The molecule has 0 radical (unpaired) electrons. The first-order valence-electron chi connectivity index (χ1n) is 11.0. The lowest BCUT2D eigenvalue weighted by Crippen LogP contribution is -2.42. The molecule has 3 aromatic rings. The van der Waals surface area contributed by atoms with E-state index >= 15 is 0 Å². The van der Waals surface area contributed by atoms with Crippen molar-refractivity contribution in [3.63, 3.8) is 0 Å². The van der Waals surface area contributed by atoms with Crippen molar-refractivity contribution < 1.29 is 9.35 Å². The summed E-state index contributed by atoms with van der Waals surface area (Å²) in [6.07, 6.45) is 1.98. The standard InChI is InChI=1S/C25H31N3O2S/c1-17-13-18(2)16-28(15-17)31(30)21-9-10-23-22(14-21)19(3)24(27-23)25(29)26-12-11-20-7-5-4-6-8-20/h4-10,14,17-18,27H,11-13,15-16H2,1-3H3,(H,26,29). The fourth-order valence-electron chi connectivity index (χ4n) is 4.59. The van der Waals surface area contributed by atoms with E-state index < -0.39 is 11.4 Å². The molecule has 164 valence electrons. The molecule has 0 saturated carbocycles. The van der Waals surface area contributed by atoms with Crippen LogP contribution in [-0.4, -0.2) is 39.4 Å². The van der Waals surface area contributed by atoms with Gasteiger partial charge in [-0.1, -0.05) is 44.2 Å². The molecule has 3 unspecified atom stereocenters. The highest BCUT2D eigenvalue weighted by Gasteiger charge is 2.31. The Morgan fingerprint density at radius 2 is 1.87 bits per heavy atom. The number of carbonyl (C=O) groups is 1. The summed E-state index contributed by atoms with van der Waals surface area (Å²) in [5, 5.41) is 3.97. The first-order chi connectivity index (χ1) is 14.9. The number of aromatic nitrogens is 1. The number of rotatable bonds is 6. The number of benzene rings is 2. The lowest BCUT2D eigenvalue weighted by Gasteiger charge is -2.34. The van der Waals surface area contributed by atoms with Crippen LogP contribution < -0.4 is 5.32 Å². The molecule has 2 heterocycles. The Morgan fingerprint density at radius 3 is 2.58 bits per heavy atom. The third-order valence-electron chi connectivity index (χ3n) is 6.07. The first-order valence-corrected chi connectivity index (χ1v) is 12.1. The predicted molar refractivity (Wildman–Crippen MR) is 126 cm³/mol. The molecule has 2 aromatic carbocycles. The number of carbonyl (C=O) groups excluding carboxylic acids is 1. The van der Waals surface area contributed by atoms with Gasteiger partial charge in [-0.05, 0) is 54.9 Å². The number of piperidine rings is 1. The number of hydrogen-bond donors (Lipinski definition) is 2. The normalized spacial score (nSPS) is 20.6. The second-order valence-electron chi connectivity index (χ2n) is 8.87. The average molecular weight is 438 g/mol. The summed E-state index contributed by atoms with van der Waals surface area (Å²) in [4.78, 5) is 16.8. The monoisotopic (exact) mass is 437 g/mol. The number of nitrogens with zero attached hydrogens (tertiary/aromatic N) is 1. The van der Waals surface area contributed by atoms with E-state index in [1.807, 2.05) is 43.3 Å². The van der Waals surface area contributed by atoms with Gasteiger partial charge >= 0.3 is 0 Å². The molecule has 2 N–H and O–H groups in total. The van der Waals surface area contributed by atoms with E-state index in [2.05, 4.69) is 40.6 Å². The van der Waals surface area contributed by atoms with E-state index in [0.29, 0.717) is 24.1 Å². The van der Waals surface area contributed by atoms with Crippen molar-refractivity contribution in [2.45, 2.75) is 38.5 Å². The fourth-order valence-corrected chi connectivity index (χ4v) is 6.07. The van der Waals surface area contributed by atoms with Crippen LogP contribution in [0.25, 0.3) is 10.9 Å². The van der Waals surface area contributed by atoms with Crippen molar-refractivity contribution in [1.82, 2.24) is 14.6 Å². The summed E-state index contributed by atoms with van der Waals surface area (Å²) in [6.45, 7) is 8.69. The average Bonchev–Trinajstić information content (AvgIpc) is 3.09. The van der Waals surface area contributed by atoms with Gasteiger partial charge in [0.2, 0.25) is 0 Å². The van der Waals surface area contributed by atoms with Gasteiger partial charge in [-0.25, -0.2) is 0 Å². The van der Waals surface area contributed by atoms with E-state index in [1.54, 1.807) is 0 Å². The summed E-state index contributed by atoms with van der Waals surface area (Å²) in [7, 11) is 0.